The molecule has 0 spiro atoms. The van der Waals surface area contributed by atoms with E-state index in [1.807, 2.05) is 36.4 Å². The van der Waals surface area contributed by atoms with Crippen LogP contribution in [0.4, 0.5) is 4.79 Å². The molecule has 0 fully saturated rings. The zero-order valence-electron chi connectivity index (χ0n) is 15.9. The maximum absolute atomic E-state index is 12.5. The Labute approximate surface area is 168 Å². The predicted molar refractivity (Wildman–Crippen MR) is 107 cm³/mol. The number of carbonyl (C=O) groups excluding carboxylic acids is 1. The molecular formula is C23H21NO5. The van der Waals surface area contributed by atoms with Gasteiger partial charge in [-0.15, -0.1) is 0 Å². The fraction of sp³-hybridized carbons (Fsp3) is 0.217. The van der Waals surface area contributed by atoms with Crippen LogP contribution < -0.4 is 5.32 Å². The van der Waals surface area contributed by atoms with Crippen LogP contribution in [-0.4, -0.2) is 23.8 Å². The van der Waals surface area contributed by atoms with E-state index in [1.165, 1.54) is 6.26 Å². The Morgan fingerprint density at radius 3 is 2.24 bits per heavy atom. The molecule has 0 saturated heterocycles. The molecule has 1 heterocycles. The summed E-state index contributed by atoms with van der Waals surface area (Å²) in [5, 5.41) is 11.8. The van der Waals surface area contributed by atoms with Gasteiger partial charge < -0.3 is 19.6 Å². The van der Waals surface area contributed by atoms with Crippen LogP contribution in [0.5, 0.6) is 0 Å². The second-order valence-corrected chi connectivity index (χ2v) is 7.05. The molecule has 0 saturated carbocycles. The van der Waals surface area contributed by atoms with Crippen molar-refractivity contribution in [2.45, 2.75) is 25.3 Å². The molecule has 2 aromatic carbocycles. The number of carboxylic acid groups (broad SMARTS) is 1. The minimum absolute atomic E-state index is 0.0539. The zero-order valence-corrected chi connectivity index (χ0v) is 15.9. The van der Waals surface area contributed by atoms with Gasteiger partial charge in [-0.2, -0.15) is 0 Å². The smallest absolute Gasteiger partial charge is 0.407 e. The van der Waals surface area contributed by atoms with Gasteiger partial charge in [-0.3, -0.25) is 4.79 Å². The number of alkyl carbamates (subject to hydrolysis) is 1. The molecule has 148 valence electrons. The molecule has 1 atom stereocenters. The number of ether oxygens (including phenoxy) is 1. The van der Waals surface area contributed by atoms with Crippen molar-refractivity contribution in [2.24, 2.45) is 0 Å². The molecule has 6 nitrogen and oxygen atoms in total. The van der Waals surface area contributed by atoms with E-state index in [0.29, 0.717) is 11.3 Å². The highest BCUT2D eigenvalue weighted by Crippen LogP contribution is 2.44. The summed E-state index contributed by atoms with van der Waals surface area (Å²) in [7, 11) is 0. The Morgan fingerprint density at radius 2 is 1.69 bits per heavy atom. The van der Waals surface area contributed by atoms with Crippen LogP contribution in [0, 0.1) is 6.92 Å². The van der Waals surface area contributed by atoms with E-state index >= 15 is 0 Å². The number of nitrogens with one attached hydrogen (secondary N) is 1. The average molecular weight is 391 g/mol. The summed E-state index contributed by atoms with van der Waals surface area (Å²) < 4.78 is 10.8. The number of fused-ring (bicyclic) bond motifs is 3. The van der Waals surface area contributed by atoms with Crippen molar-refractivity contribution in [3.8, 4) is 11.1 Å². The number of benzene rings is 2. The molecule has 0 bridgehead atoms. The molecule has 1 aliphatic carbocycles. The number of aryl methyl sites for hydroxylation is 1. The van der Waals surface area contributed by atoms with Crippen molar-refractivity contribution in [3.05, 3.63) is 83.3 Å². The minimum atomic E-state index is -1.02. The first kappa shape index (κ1) is 18.8. The Balaban J connectivity index is 1.48. The normalized spacial score (nSPS) is 13.4. The fourth-order valence-corrected chi connectivity index (χ4v) is 3.95. The van der Waals surface area contributed by atoms with Gasteiger partial charge >= 0.3 is 12.1 Å². The van der Waals surface area contributed by atoms with E-state index in [1.54, 1.807) is 13.0 Å². The second kappa shape index (κ2) is 7.83. The average Bonchev–Trinajstić information content (AvgIpc) is 3.27. The van der Waals surface area contributed by atoms with Crippen molar-refractivity contribution in [1.29, 1.82) is 0 Å². The maximum atomic E-state index is 12.5. The number of aliphatic carboxylic acids is 1. The van der Waals surface area contributed by atoms with E-state index in [2.05, 4.69) is 17.4 Å². The molecule has 3 aromatic rings. The molecule has 6 heteroatoms. The Bertz CT molecular complexity index is 1010. The van der Waals surface area contributed by atoms with Gasteiger partial charge in [-0.25, -0.2) is 4.79 Å². The highest BCUT2D eigenvalue weighted by molar-refractivity contribution is 5.79. The van der Waals surface area contributed by atoms with Crippen LogP contribution in [0.25, 0.3) is 11.1 Å². The van der Waals surface area contributed by atoms with Crippen LogP contribution in [0.3, 0.4) is 0 Å². The first-order chi connectivity index (χ1) is 14.0. The van der Waals surface area contributed by atoms with Gasteiger partial charge in [0.2, 0.25) is 0 Å². The van der Waals surface area contributed by atoms with Crippen molar-refractivity contribution < 1.29 is 23.8 Å². The van der Waals surface area contributed by atoms with Crippen molar-refractivity contribution in [2.75, 3.05) is 6.61 Å². The summed E-state index contributed by atoms with van der Waals surface area (Å²) in [4.78, 5) is 23.7. The van der Waals surface area contributed by atoms with Gasteiger partial charge in [0, 0.05) is 11.5 Å². The highest BCUT2D eigenvalue weighted by atomic mass is 16.5. The third kappa shape index (κ3) is 3.74. The Hall–Kier alpha value is -3.54. The number of carbonyl (C=O) groups is 2. The van der Waals surface area contributed by atoms with Gasteiger partial charge in [-0.05, 0) is 35.2 Å². The Morgan fingerprint density at radius 1 is 1.07 bits per heavy atom. The number of hydrogen-bond donors (Lipinski definition) is 2. The molecule has 2 N–H and O–H groups in total. The molecule has 1 aliphatic rings. The van der Waals surface area contributed by atoms with Crippen LogP contribution in [0.1, 0.15) is 40.8 Å². The van der Waals surface area contributed by atoms with Crippen LogP contribution >= 0.6 is 0 Å². The van der Waals surface area contributed by atoms with E-state index in [4.69, 9.17) is 9.15 Å². The number of furan rings is 1. The van der Waals surface area contributed by atoms with Crippen LogP contribution in [0.15, 0.2) is 65.3 Å². The lowest BCUT2D eigenvalue weighted by molar-refractivity contribution is -0.137. The molecule has 29 heavy (non-hydrogen) atoms. The summed E-state index contributed by atoms with van der Waals surface area (Å²) in [6, 6.07) is 17.1. The Kier molecular flexibility index (Phi) is 5.08. The first-order valence-corrected chi connectivity index (χ1v) is 9.42. The second-order valence-electron chi connectivity index (χ2n) is 7.05. The van der Waals surface area contributed by atoms with E-state index in [-0.39, 0.29) is 18.9 Å². The minimum Gasteiger partial charge on any atom is -0.481 e. The topological polar surface area (TPSA) is 88.8 Å². The molecule has 1 aromatic heterocycles. The largest absolute Gasteiger partial charge is 0.481 e. The van der Waals surface area contributed by atoms with Gasteiger partial charge in [-0.1, -0.05) is 48.5 Å². The van der Waals surface area contributed by atoms with Crippen LogP contribution in [-0.2, 0) is 9.53 Å². The van der Waals surface area contributed by atoms with Crippen molar-refractivity contribution in [3.63, 3.8) is 0 Å². The van der Waals surface area contributed by atoms with E-state index < -0.39 is 18.1 Å². The predicted octanol–water partition coefficient (Wildman–Crippen LogP) is 4.64. The van der Waals surface area contributed by atoms with Gasteiger partial charge in [0.25, 0.3) is 0 Å². The van der Waals surface area contributed by atoms with E-state index in [0.717, 1.165) is 22.3 Å². The third-order valence-electron chi connectivity index (χ3n) is 5.29. The van der Waals surface area contributed by atoms with Crippen molar-refractivity contribution >= 4 is 12.1 Å². The standard InChI is InChI=1S/C23H21NO5/c1-14-15(10-11-28-14)21(12-22(25)26)24-23(27)29-13-20-18-8-4-2-6-16(18)17-7-3-5-9-19(17)20/h2-11,20-21H,12-13H2,1H3,(H,24,27)(H,25,26)/t21-/m0/s1. The summed E-state index contributed by atoms with van der Waals surface area (Å²) in [5.41, 5.74) is 5.16. The molecule has 0 unspecified atom stereocenters. The van der Waals surface area contributed by atoms with Crippen molar-refractivity contribution in [1.82, 2.24) is 5.32 Å². The third-order valence-corrected chi connectivity index (χ3v) is 5.29. The first-order valence-electron chi connectivity index (χ1n) is 9.42. The molecule has 1 amide bonds. The number of amides is 1. The zero-order chi connectivity index (χ0) is 20.4. The monoisotopic (exact) mass is 391 g/mol. The molecule has 4 rings (SSSR count). The molecule has 0 radical (unpaired) electrons. The summed E-state index contributed by atoms with van der Waals surface area (Å²) in [6.45, 7) is 1.90. The van der Waals surface area contributed by atoms with Gasteiger partial charge in [0.15, 0.2) is 0 Å². The summed E-state index contributed by atoms with van der Waals surface area (Å²) in [6.07, 6.45) is 0.558. The van der Waals surface area contributed by atoms with Gasteiger partial charge in [0.05, 0.1) is 18.7 Å². The molecular weight excluding hydrogens is 370 g/mol. The van der Waals surface area contributed by atoms with Crippen LogP contribution in [0.2, 0.25) is 0 Å². The molecule has 0 aliphatic heterocycles. The summed E-state index contributed by atoms with van der Waals surface area (Å²) in [5.74, 6) is -0.508. The lowest BCUT2D eigenvalue weighted by Crippen LogP contribution is -2.31. The number of rotatable bonds is 6. The SMILES string of the molecule is Cc1occc1[C@H](CC(=O)O)NC(=O)OCC1c2ccccc2-c2ccccc21. The fourth-order valence-electron chi connectivity index (χ4n) is 3.95. The van der Waals surface area contributed by atoms with Gasteiger partial charge in [0.1, 0.15) is 12.4 Å². The lowest BCUT2D eigenvalue weighted by Gasteiger charge is -2.18. The van der Waals surface area contributed by atoms with E-state index in [9.17, 15) is 14.7 Å². The highest BCUT2D eigenvalue weighted by Gasteiger charge is 2.29. The number of hydrogen-bond acceptors (Lipinski definition) is 4. The quantitative estimate of drug-likeness (QED) is 0.639. The maximum Gasteiger partial charge on any atom is 0.407 e. The lowest BCUT2D eigenvalue weighted by atomic mass is 9.98. The number of carboxylic acids is 1. The summed E-state index contributed by atoms with van der Waals surface area (Å²) >= 11 is 0.